The van der Waals surface area contributed by atoms with Crippen molar-refractivity contribution in [2.24, 2.45) is 10.9 Å². The molecule has 1 saturated heterocycles. The summed E-state index contributed by atoms with van der Waals surface area (Å²) in [5, 5.41) is 6.84. The Bertz CT molecular complexity index is 649. The first-order valence-electron chi connectivity index (χ1n) is 10.3. The molecule has 1 fully saturated rings. The maximum absolute atomic E-state index is 11.9. The molecule has 1 aromatic carbocycles. The van der Waals surface area contributed by atoms with Gasteiger partial charge in [0, 0.05) is 39.2 Å². The van der Waals surface area contributed by atoms with Crippen LogP contribution in [-0.2, 0) is 9.53 Å². The molecule has 1 aliphatic heterocycles. The lowest BCUT2D eigenvalue weighted by atomic mass is 9.89. The number of benzene rings is 1. The quantitative estimate of drug-likeness (QED) is 0.331. The van der Waals surface area contributed by atoms with Crippen molar-refractivity contribution < 1.29 is 9.53 Å². The zero-order valence-electron chi connectivity index (χ0n) is 18.4. The number of aliphatic imine (C=N–C) groups is 1. The van der Waals surface area contributed by atoms with E-state index in [1.807, 2.05) is 0 Å². The average Bonchev–Trinajstić information content (AvgIpc) is 2.70. The molecule has 1 aliphatic rings. The van der Waals surface area contributed by atoms with Gasteiger partial charge in [0.05, 0.1) is 6.10 Å². The summed E-state index contributed by atoms with van der Waals surface area (Å²) in [6, 6.07) is 8.90. The lowest BCUT2D eigenvalue weighted by Crippen LogP contribution is -2.45. The predicted molar refractivity (Wildman–Crippen MR) is 130 cm³/mol. The van der Waals surface area contributed by atoms with Crippen molar-refractivity contribution in [2.45, 2.75) is 52.2 Å². The number of halogens is 1. The molecule has 29 heavy (non-hydrogen) atoms. The first-order chi connectivity index (χ1) is 13.4. The van der Waals surface area contributed by atoms with Crippen LogP contribution in [0.4, 0.5) is 0 Å². The van der Waals surface area contributed by atoms with E-state index in [1.165, 1.54) is 11.1 Å². The van der Waals surface area contributed by atoms with Crippen LogP contribution in [0.15, 0.2) is 29.3 Å². The van der Waals surface area contributed by atoms with Crippen LogP contribution >= 0.6 is 24.0 Å². The van der Waals surface area contributed by atoms with Gasteiger partial charge in [-0.1, -0.05) is 36.8 Å². The van der Waals surface area contributed by atoms with Gasteiger partial charge < -0.3 is 20.3 Å². The largest absolute Gasteiger partial charge is 0.373 e. The Hall–Kier alpha value is -1.35. The number of hydrogen-bond acceptors (Lipinski definition) is 3. The minimum absolute atomic E-state index is 0. The maximum atomic E-state index is 11.9. The molecule has 0 saturated carbocycles. The van der Waals surface area contributed by atoms with E-state index in [-0.39, 0.29) is 48.6 Å². The van der Waals surface area contributed by atoms with Crippen molar-refractivity contribution >= 4 is 35.8 Å². The van der Waals surface area contributed by atoms with Crippen LogP contribution in [-0.4, -0.2) is 56.6 Å². The highest BCUT2D eigenvalue weighted by Gasteiger charge is 2.27. The number of carbonyl (C=O) groups is 1. The number of rotatable bonds is 7. The van der Waals surface area contributed by atoms with Crippen LogP contribution in [0.25, 0.3) is 0 Å². The summed E-state index contributed by atoms with van der Waals surface area (Å²) in [7, 11) is 3.50. The highest BCUT2D eigenvalue weighted by Crippen LogP contribution is 2.33. The molecule has 1 heterocycles. The van der Waals surface area contributed by atoms with Crippen molar-refractivity contribution in [3.8, 4) is 0 Å². The lowest BCUT2D eigenvalue weighted by Gasteiger charge is -2.33. The molecular formula is C22H37IN4O2. The summed E-state index contributed by atoms with van der Waals surface area (Å²) >= 11 is 0. The summed E-state index contributed by atoms with van der Waals surface area (Å²) in [6.07, 6.45) is 3.26. The SMILES string of the molecule is CCC(C)NC(=NCC(=O)N(C)C)NCC1CCCOC1c1ccc(C)cc1.I. The second-order valence-corrected chi connectivity index (χ2v) is 7.89. The molecule has 2 rings (SSSR count). The number of nitrogens with zero attached hydrogens (tertiary/aromatic N) is 2. The van der Waals surface area contributed by atoms with Crippen molar-refractivity contribution in [2.75, 3.05) is 33.8 Å². The second-order valence-electron chi connectivity index (χ2n) is 7.89. The van der Waals surface area contributed by atoms with Crippen LogP contribution in [0, 0.1) is 12.8 Å². The molecule has 0 spiro atoms. The Morgan fingerprint density at radius 2 is 2.00 bits per heavy atom. The summed E-state index contributed by atoms with van der Waals surface area (Å²) in [4.78, 5) is 18.0. The van der Waals surface area contributed by atoms with Crippen LogP contribution in [0.1, 0.15) is 50.3 Å². The molecule has 1 aromatic rings. The standard InChI is InChI=1S/C22H36N4O2.HI/c1-6-17(3)25-22(24-15-20(27)26(4)5)23-14-19-8-7-13-28-21(19)18-11-9-16(2)10-12-18;/h9-12,17,19,21H,6-8,13-15H2,1-5H3,(H2,23,24,25);1H. The molecule has 2 N–H and O–H groups in total. The van der Waals surface area contributed by atoms with E-state index in [2.05, 4.69) is 60.7 Å². The number of ether oxygens (including phenoxy) is 1. The Kier molecular flexibility index (Phi) is 11.6. The topological polar surface area (TPSA) is 66.0 Å². The fraction of sp³-hybridized carbons (Fsp3) is 0.636. The lowest BCUT2D eigenvalue weighted by molar-refractivity contribution is -0.127. The first-order valence-corrected chi connectivity index (χ1v) is 10.3. The predicted octanol–water partition coefficient (Wildman–Crippen LogP) is 3.50. The van der Waals surface area contributed by atoms with Gasteiger partial charge in [-0.15, -0.1) is 24.0 Å². The Balaban J connectivity index is 0.00000420. The highest BCUT2D eigenvalue weighted by molar-refractivity contribution is 14.0. The summed E-state index contributed by atoms with van der Waals surface area (Å²) < 4.78 is 6.12. The van der Waals surface area contributed by atoms with Gasteiger partial charge in [0.1, 0.15) is 6.54 Å². The van der Waals surface area contributed by atoms with E-state index in [9.17, 15) is 4.79 Å². The molecule has 0 bridgehead atoms. The van der Waals surface area contributed by atoms with E-state index in [0.717, 1.165) is 32.4 Å². The van der Waals surface area contributed by atoms with Gasteiger partial charge in [-0.05, 0) is 38.7 Å². The highest BCUT2D eigenvalue weighted by atomic mass is 127. The molecule has 164 valence electrons. The fourth-order valence-corrected chi connectivity index (χ4v) is 3.18. The molecule has 3 atom stereocenters. The zero-order valence-corrected chi connectivity index (χ0v) is 20.7. The molecule has 0 aliphatic carbocycles. The third-order valence-corrected chi connectivity index (χ3v) is 5.25. The molecule has 7 heteroatoms. The van der Waals surface area contributed by atoms with Gasteiger partial charge in [-0.3, -0.25) is 4.79 Å². The molecule has 1 amide bonds. The molecular weight excluding hydrogens is 479 g/mol. The number of carbonyl (C=O) groups excluding carboxylic acids is 1. The minimum atomic E-state index is -0.0104. The van der Waals surface area contributed by atoms with E-state index < -0.39 is 0 Å². The number of nitrogens with one attached hydrogen (secondary N) is 2. The number of guanidine groups is 1. The Labute approximate surface area is 192 Å². The normalized spacial score (nSPS) is 20.4. The van der Waals surface area contributed by atoms with E-state index in [1.54, 1.807) is 19.0 Å². The summed E-state index contributed by atoms with van der Waals surface area (Å²) in [5.74, 6) is 1.05. The monoisotopic (exact) mass is 516 g/mol. The third-order valence-electron chi connectivity index (χ3n) is 5.25. The van der Waals surface area contributed by atoms with Crippen LogP contribution in [0.3, 0.4) is 0 Å². The number of hydrogen-bond donors (Lipinski definition) is 2. The minimum Gasteiger partial charge on any atom is -0.373 e. The van der Waals surface area contributed by atoms with Crippen molar-refractivity contribution in [3.63, 3.8) is 0 Å². The van der Waals surface area contributed by atoms with Crippen molar-refractivity contribution in [3.05, 3.63) is 35.4 Å². The Morgan fingerprint density at radius 3 is 2.62 bits per heavy atom. The Morgan fingerprint density at radius 1 is 1.31 bits per heavy atom. The summed E-state index contributed by atoms with van der Waals surface area (Å²) in [6.45, 7) is 8.05. The number of aryl methyl sites for hydroxylation is 1. The van der Waals surface area contributed by atoms with E-state index in [0.29, 0.717) is 11.9 Å². The first kappa shape index (κ1) is 25.7. The van der Waals surface area contributed by atoms with Gasteiger partial charge in [0.15, 0.2) is 5.96 Å². The van der Waals surface area contributed by atoms with Gasteiger partial charge in [0.25, 0.3) is 0 Å². The van der Waals surface area contributed by atoms with Crippen LogP contribution < -0.4 is 10.6 Å². The van der Waals surface area contributed by atoms with Gasteiger partial charge >= 0.3 is 0 Å². The molecule has 6 nitrogen and oxygen atoms in total. The zero-order chi connectivity index (χ0) is 20.5. The van der Waals surface area contributed by atoms with Crippen LogP contribution in [0.2, 0.25) is 0 Å². The molecule has 0 radical (unpaired) electrons. The third kappa shape index (κ3) is 8.50. The molecule has 3 unspecified atom stereocenters. The summed E-state index contributed by atoms with van der Waals surface area (Å²) in [5.41, 5.74) is 2.49. The van der Waals surface area contributed by atoms with Gasteiger partial charge in [0.2, 0.25) is 5.91 Å². The maximum Gasteiger partial charge on any atom is 0.243 e. The van der Waals surface area contributed by atoms with E-state index >= 15 is 0 Å². The second kappa shape index (κ2) is 13.1. The fourth-order valence-electron chi connectivity index (χ4n) is 3.18. The number of likely N-dealkylation sites (N-methyl/N-ethyl adjacent to an activating group) is 1. The smallest absolute Gasteiger partial charge is 0.243 e. The van der Waals surface area contributed by atoms with Gasteiger partial charge in [-0.25, -0.2) is 4.99 Å². The average molecular weight is 516 g/mol. The number of amides is 1. The van der Waals surface area contributed by atoms with E-state index in [4.69, 9.17) is 4.74 Å². The molecule has 0 aromatic heterocycles. The van der Waals surface area contributed by atoms with Crippen LogP contribution in [0.5, 0.6) is 0 Å². The van der Waals surface area contributed by atoms with Gasteiger partial charge in [-0.2, -0.15) is 0 Å². The van der Waals surface area contributed by atoms with Crippen molar-refractivity contribution in [1.82, 2.24) is 15.5 Å². The van der Waals surface area contributed by atoms with Crippen molar-refractivity contribution in [1.29, 1.82) is 0 Å².